The maximum Gasteiger partial charge on any atom is 0.160 e. The topological polar surface area (TPSA) is 35.5 Å². The number of benzene rings is 1. The van der Waals surface area contributed by atoms with Crippen LogP contribution in [0.5, 0.6) is 11.5 Å². The van der Waals surface area contributed by atoms with Crippen molar-refractivity contribution >= 4 is 5.78 Å². The second-order valence-electron chi connectivity index (χ2n) is 6.34. The van der Waals surface area contributed by atoms with Crippen LogP contribution in [-0.4, -0.2) is 20.0 Å². The van der Waals surface area contributed by atoms with Crippen LogP contribution in [0.25, 0.3) is 0 Å². The minimum Gasteiger partial charge on any atom is -0.493 e. The summed E-state index contributed by atoms with van der Waals surface area (Å²) in [7, 11) is 3.26. The van der Waals surface area contributed by atoms with E-state index in [2.05, 4.69) is 13.8 Å². The number of hydrogen-bond donors (Lipinski definition) is 0. The monoisotopic (exact) mass is 292 g/mol. The van der Waals surface area contributed by atoms with Gasteiger partial charge in [0.05, 0.1) is 14.2 Å². The van der Waals surface area contributed by atoms with Gasteiger partial charge in [0.25, 0.3) is 0 Å². The quantitative estimate of drug-likeness (QED) is 0.717. The molecule has 0 radical (unpaired) electrons. The van der Waals surface area contributed by atoms with Crippen LogP contribution in [-0.2, 0) is 11.2 Å². The Labute approximate surface area is 128 Å². The average molecular weight is 292 g/mol. The largest absolute Gasteiger partial charge is 0.493 e. The predicted octanol–water partition coefficient (Wildman–Crippen LogP) is 4.28. The minimum absolute atomic E-state index is 0.238. The van der Waals surface area contributed by atoms with Crippen LogP contribution < -0.4 is 9.47 Å². The lowest BCUT2D eigenvalue weighted by atomic mass is 9.76. The molecule has 0 N–H and O–H groups in total. The zero-order valence-corrected chi connectivity index (χ0v) is 14.2. The van der Waals surface area contributed by atoms with Crippen molar-refractivity contribution in [3.05, 3.63) is 23.8 Å². The van der Waals surface area contributed by atoms with E-state index >= 15 is 0 Å². The Hall–Kier alpha value is -1.51. The summed E-state index contributed by atoms with van der Waals surface area (Å²) in [5.74, 6) is 2.19. The summed E-state index contributed by atoms with van der Waals surface area (Å²) in [5.41, 5.74) is 0.931. The van der Waals surface area contributed by atoms with E-state index in [1.807, 2.05) is 32.0 Å². The van der Waals surface area contributed by atoms with Crippen LogP contribution >= 0.6 is 0 Å². The number of aryl methyl sites for hydroxylation is 1. The number of ether oxygens (including phenoxy) is 2. The van der Waals surface area contributed by atoms with Gasteiger partial charge in [-0.05, 0) is 36.5 Å². The third-order valence-corrected chi connectivity index (χ3v) is 4.48. The van der Waals surface area contributed by atoms with Gasteiger partial charge in [-0.3, -0.25) is 4.79 Å². The van der Waals surface area contributed by atoms with Crippen molar-refractivity contribution in [3.8, 4) is 11.5 Å². The van der Waals surface area contributed by atoms with Gasteiger partial charge >= 0.3 is 0 Å². The second-order valence-corrected chi connectivity index (χ2v) is 6.34. The first kappa shape index (κ1) is 17.5. The highest BCUT2D eigenvalue weighted by Gasteiger charge is 2.29. The van der Waals surface area contributed by atoms with Crippen molar-refractivity contribution < 1.29 is 14.3 Å². The van der Waals surface area contributed by atoms with E-state index < -0.39 is 0 Å². The molecular formula is C18H28O3. The van der Waals surface area contributed by atoms with Gasteiger partial charge in [0, 0.05) is 11.8 Å². The first-order valence-electron chi connectivity index (χ1n) is 7.57. The third kappa shape index (κ3) is 4.48. The van der Waals surface area contributed by atoms with Crippen molar-refractivity contribution in [2.45, 2.75) is 47.0 Å². The first-order chi connectivity index (χ1) is 9.82. The number of carbonyl (C=O) groups excluding carboxylic acids is 1. The molecule has 0 fully saturated rings. The van der Waals surface area contributed by atoms with Gasteiger partial charge in [-0.15, -0.1) is 0 Å². The molecule has 0 aliphatic carbocycles. The molecule has 118 valence electrons. The summed E-state index contributed by atoms with van der Waals surface area (Å²) in [5, 5.41) is 0. The summed E-state index contributed by atoms with van der Waals surface area (Å²) in [6, 6.07) is 5.92. The first-order valence-corrected chi connectivity index (χ1v) is 7.57. The molecule has 0 saturated heterocycles. The molecule has 1 rings (SSSR count). The lowest BCUT2D eigenvalue weighted by Crippen LogP contribution is -2.29. The Morgan fingerprint density at radius 3 is 2.29 bits per heavy atom. The SMILES string of the molecule is COc1ccc(CCCC(=O)C(C)(C)C(C)C)cc1OC. The van der Waals surface area contributed by atoms with Crippen LogP contribution in [0.15, 0.2) is 18.2 Å². The van der Waals surface area contributed by atoms with Crippen molar-refractivity contribution in [1.29, 1.82) is 0 Å². The molecule has 0 aliphatic rings. The van der Waals surface area contributed by atoms with Gasteiger partial charge in [0.2, 0.25) is 0 Å². The fourth-order valence-corrected chi connectivity index (χ4v) is 2.13. The molecule has 0 saturated carbocycles. The van der Waals surface area contributed by atoms with Crippen LogP contribution in [0.3, 0.4) is 0 Å². The van der Waals surface area contributed by atoms with Crippen LogP contribution in [0.4, 0.5) is 0 Å². The summed E-state index contributed by atoms with van der Waals surface area (Å²) in [6.45, 7) is 8.28. The summed E-state index contributed by atoms with van der Waals surface area (Å²) >= 11 is 0. The zero-order chi connectivity index (χ0) is 16.0. The number of hydrogen-bond acceptors (Lipinski definition) is 3. The van der Waals surface area contributed by atoms with Crippen LogP contribution in [0.2, 0.25) is 0 Å². The fraction of sp³-hybridized carbons (Fsp3) is 0.611. The van der Waals surface area contributed by atoms with E-state index in [1.54, 1.807) is 14.2 Å². The van der Waals surface area contributed by atoms with Gasteiger partial charge in [-0.25, -0.2) is 0 Å². The molecule has 3 heteroatoms. The Kier molecular flexibility index (Phi) is 6.25. The molecule has 0 atom stereocenters. The molecule has 21 heavy (non-hydrogen) atoms. The highest BCUT2D eigenvalue weighted by atomic mass is 16.5. The summed E-state index contributed by atoms with van der Waals surface area (Å²) < 4.78 is 10.5. The number of methoxy groups -OCH3 is 2. The molecule has 0 amide bonds. The van der Waals surface area contributed by atoms with E-state index in [0.717, 1.165) is 24.3 Å². The minimum atomic E-state index is -0.238. The lowest BCUT2D eigenvalue weighted by molar-refractivity contribution is -0.129. The van der Waals surface area contributed by atoms with Gasteiger partial charge in [-0.2, -0.15) is 0 Å². The molecule has 0 unspecified atom stereocenters. The van der Waals surface area contributed by atoms with E-state index in [1.165, 1.54) is 5.56 Å². The zero-order valence-electron chi connectivity index (χ0n) is 14.2. The Morgan fingerprint density at radius 2 is 1.76 bits per heavy atom. The van der Waals surface area contributed by atoms with Gasteiger partial charge in [0.1, 0.15) is 5.78 Å². The highest BCUT2D eigenvalue weighted by Crippen LogP contribution is 2.30. The smallest absolute Gasteiger partial charge is 0.160 e. The number of Topliss-reactive ketones (excluding diaryl/α,β-unsaturated/α-hetero) is 1. The van der Waals surface area contributed by atoms with E-state index in [9.17, 15) is 4.79 Å². The molecule has 0 bridgehead atoms. The summed E-state index contributed by atoms with van der Waals surface area (Å²) in [6.07, 6.45) is 2.37. The van der Waals surface area contributed by atoms with Crippen molar-refractivity contribution in [2.75, 3.05) is 14.2 Å². The van der Waals surface area contributed by atoms with Gasteiger partial charge in [0.15, 0.2) is 11.5 Å². The number of rotatable bonds is 8. The van der Waals surface area contributed by atoms with E-state index in [4.69, 9.17) is 9.47 Å². The molecule has 0 heterocycles. The van der Waals surface area contributed by atoms with Gasteiger partial charge < -0.3 is 9.47 Å². The van der Waals surface area contributed by atoms with Gasteiger partial charge in [-0.1, -0.05) is 33.8 Å². The molecular weight excluding hydrogens is 264 g/mol. The number of ketones is 1. The van der Waals surface area contributed by atoms with Crippen molar-refractivity contribution in [3.63, 3.8) is 0 Å². The maximum atomic E-state index is 12.3. The fourth-order valence-electron chi connectivity index (χ4n) is 2.13. The summed E-state index contributed by atoms with van der Waals surface area (Å²) in [4.78, 5) is 12.3. The predicted molar refractivity (Wildman–Crippen MR) is 86.1 cm³/mol. The third-order valence-electron chi connectivity index (χ3n) is 4.48. The molecule has 1 aromatic carbocycles. The lowest BCUT2D eigenvalue weighted by Gasteiger charge is -2.27. The van der Waals surface area contributed by atoms with Crippen LogP contribution in [0, 0.1) is 11.3 Å². The highest BCUT2D eigenvalue weighted by molar-refractivity contribution is 5.84. The Balaban J connectivity index is 2.59. The maximum absolute atomic E-state index is 12.3. The van der Waals surface area contributed by atoms with E-state index in [0.29, 0.717) is 18.1 Å². The molecule has 0 aliphatic heterocycles. The van der Waals surface area contributed by atoms with Crippen LogP contribution in [0.1, 0.15) is 46.1 Å². The molecule has 1 aromatic rings. The number of carbonyl (C=O) groups is 1. The Morgan fingerprint density at radius 1 is 1.14 bits per heavy atom. The van der Waals surface area contributed by atoms with E-state index in [-0.39, 0.29) is 5.41 Å². The second kappa shape index (κ2) is 7.48. The Bertz CT molecular complexity index is 475. The normalized spacial score (nSPS) is 11.6. The van der Waals surface area contributed by atoms with Crippen molar-refractivity contribution in [1.82, 2.24) is 0 Å². The van der Waals surface area contributed by atoms with Crippen molar-refractivity contribution in [2.24, 2.45) is 11.3 Å². The molecule has 3 nitrogen and oxygen atoms in total. The molecule has 0 spiro atoms. The average Bonchev–Trinajstić information content (AvgIpc) is 2.46. The standard InChI is InChI=1S/C18H28O3/c1-13(2)18(3,4)17(19)9-7-8-14-10-11-15(20-5)16(12-14)21-6/h10-13H,7-9H2,1-6H3. The molecule has 0 aromatic heterocycles.